The van der Waals surface area contributed by atoms with Gasteiger partial charge in [0.2, 0.25) is 0 Å². The number of aromatic nitrogens is 2. The van der Waals surface area contributed by atoms with E-state index in [4.69, 9.17) is 6.42 Å². The molecule has 13 heavy (non-hydrogen) atoms. The standard InChI is InChI=1S/C10H13N3/c1-2-6-12-8-4-10(9-12)13-7-3-5-11-13/h1,3,5,7,10H,4,6,8-9H2. The molecule has 2 heterocycles. The molecule has 0 bridgehead atoms. The summed E-state index contributed by atoms with van der Waals surface area (Å²) < 4.78 is 2.02. The fourth-order valence-electron chi connectivity index (χ4n) is 1.80. The van der Waals surface area contributed by atoms with Crippen LogP contribution in [-0.2, 0) is 0 Å². The third-order valence-electron chi connectivity index (χ3n) is 2.46. The van der Waals surface area contributed by atoms with E-state index < -0.39 is 0 Å². The van der Waals surface area contributed by atoms with Crippen LogP contribution >= 0.6 is 0 Å². The Balaban J connectivity index is 1.96. The van der Waals surface area contributed by atoms with Gasteiger partial charge in [-0.3, -0.25) is 9.58 Å². The summed E-state index contributed by atoms with van der Waals surface area (Å²) in [5.74, 6) is 2.67. The highest BCUT2D eigenvalue weighted by molar-refractivity contribution is 4.93. The predicted octanol–water partition coefficient (Wildman–Crippen LogP) is 0.763. The minimum absolute atomic E-state index is 0.517. The average molecular weight is 175 g/mol. The Labute approximate surface area is 78.3 Å². The summed E-state index contributed by atoms with van der Waals surface area (Å²) in [5.41, 5.74) is 0. The van der Waals surface area contributed by atoms with Gasteiger partial charge in [0.1, 0.15) is 0 Å². The molecule has 0 spiro atoms. The second-order valence-corrected chi connectivity index (χ2v) is 3.37. The molecule has 0 aliphatic carbocycles. The quantitative estimate of drug-likeness (QED) is 0.619. The number of nitrogens with zero attached hydrogens (tertiary/aromatic N) is 3. The smallest absolute Gasteiger partial charge is 0.0658 e. The van der Waals surface area contributed by atoms with Gasteiger partial charge in [-0.1, -0.05) is 5.92 Å². The van der Waals surface area contributed by atoms with E-state index in [2.05, 4.69) is 15.9 Å². The fraction of sp³-hybridized carbons (Fsp3) is 0.500. The molecule has 1 atom stereocenters. The van der Waals surface area contributed by atoms with E-state index in [0.29, 0.717) is 6.04 Å². The molecule has 0 radical (unpaired) electrons. The van der Waals surface area contributed by atoms with Crippen molar-refractivity contribution in [1.82, 2.24) is 14.7 Å². The average Bonchev–Trinajstić information content (AvgIpc) is 2.70. The molecule has 1 fully saturated rings. The molecule has 1 aromatic rings. The lowest BCUT2D eigenvalue weighted by molar-refractivity contribution is 0.355. The molecule has 68 valence electrons. The van der Waals surface area contributed by atoms with Gasteiger partial charge in [0.25, 0.3) is 0 Å². The molecule has 1 saturated heterocycles. The topological polar surface area (TPSA) is 21.1 Å². The summed E-state index contributed by atoms with van der Waals surface area (Å²) in [6.07, 6.45) is 10.3. The largest absolute Gasteiger partial charge is 0.290 e. The van der Waals surface area contributed by atoms with Crippen LogP contribution in [0.1, 0.15) is 12.5 Å². The van der Waals surface area contributed by atoms with E-state index in [1.165, 1.54) is 0 Å². The minimum Gasteiger partial charge on any atom is -0.290 e. The summed E-state index contributed by atoms with van der Waals surface area (Å²) in [6, 6.07) is 2.48. The molecule has 0 aromatic carbocycles. The molecule has 2 rings (SSSR count). The van der Waals surface area contributed by atoms with Crippen molar-refractivity contribution in [3.63, 3.8) is 0 Å². The first-order valence-electron chi connectivity index (χ1n) is 4.55. The van der Waals surface area contributed by atoms with E-state index >= 15 is 0 Å². The first-order valence-corrected chi connectivity index (χ1v) is 4.55. The van der Waals surface area contributed by atoms with Crippen molar-refractivity contribution in [2.45, 2.75) is 12.5 Å². The van der Waals surface area contributed by atoms with Gasteiger partial charge < -0.3 is 0 Å². The maximum absolute atomic E-state index is 5.26. The van der Waals surface area contributed by atoms with Gasteiger partial charge in [-0.15, -0.1) is 6.42 Å². The van der Waals surface area contributed by atoms with E-state index in [1.807, 2.05) is 23.1 Å². The van der Waals surface area contributed by atoms with Crippen molar-refractivity contribution in [1.29, 1.82) is 0 Å². The van der Waals surface area contributed by atoms with Crippen LogP contribution < -0.4 is 0 Å². The third kappa shape index (κ3) is 1.73. The SMILES string of the molecule is C#CCN1CCC(n2cccn2)C1. The third-order valence-corrected chi connectivity index (χ3v) is 2.46. The van der Waals surface area contributed by atoms with Crippen LogP contribution in [0.3, 0.4) is 0 Å². The van der Waals surface area contributed by atoms with Gasteiger partial charge in [0, 0.05) is 25.5 Å². The van der Waals surface area contributed by atoms with Crippen LogP contribution in [-0.4, -0.2) is 34.3 Å². The monoisotopic (exact) mass is 175 g/mol. The number of hydrogen-bond donors (Lipinski definition) is 0. The van der Waals surface area contributed by atoms with Crippen molar-refractivity contribution in [2.24, 2.45) is 0 Å². The summed E-state index contributed by atoms with van der Waals surface area (Å²) in [6.45, 7) is 2.89. The van der Waals surface area contributed by atoms with Crippen LogP contribution in [0.25, 0.3) is 0 Å². The van der Waals surface area contributed by atoms with Gasteiger partial charge >= 0.3 is 0 Å². The first kappa shape index (κ1) is 8.33. The number of likely N-dealkylation sites (tertiary alicyclic amines) is 1. The van der Waals surface area contributed by atoms with E-state index in [0.717, 1.165) is 26.1 Å². The normalized spacial score (nSPS) is 23.2. The van der Waals surface area contributed by atoms with Crippen molar-refractivity contribution < 1.29 is 0 Å². The second-order valence-electron chi connectivity index (χ2n) is 3.37. The lowest BCUT2D eigenvalue weighted by atomic mass is 10.3. The summed E-state index contributed by atoms with van der Waals surface area (Å²) in [7, 11) is 0. The summed E-state index contributed by atoms with van der Waals surface area (Å²) >= 11 is 0. The van der Waals surface area contributed by atoms with E-state index in [1.54, 1.807) is 0 Å². The van der Waals surface area contributed by atoms with Gasteiger partial charge in [0.05, 0.1) is 12.6 Å². The van der Waals surface area contributed by atoms with Crippen LogP contribution in [0.5, 0.6) is 0 Å². The van der Waals surface area contributed by atoms with Crippen molar-refractivity contribution in [2.75, 3.05) is 19.6 Å². The molecule has 1 aliphatic rings. The van der Waals surface area contributed by atoms with Gasteiger partial charge in [0.15, 0.2) is 0 Å². The van der Waals surface area contributed by atoms with Crippen LogP contribution in [0.15, 0.2) is 18.5 Å². The zero-order valence-electron chi connectivity index (χ0n) is 7.56. The first-order chi connectivity index (χ1) is 6.40. The molecule has 1 aromatic heterocycles. The highest BCUT2D eigenvalue weighted by atomic mass is 15.3. The Bertz CT molecular complexity index is 296. The molecular formula is C10H13N3. The van der Waals surface area contributed by atoms with Crippen LogP contribution in [0.4, 0.5) is 0 Å². The maximum Gasteiger partial charge on any atom is 0.0658 e. The van der Waals surface area contributed by atoms with Crippen molar-refractivity contribution in [3.05, 3.63) is 18.5 Å². The van der Waals surface area contributed by atoms with Crippen molar-refractivity contribution >= 4 is 0 Å². The molecule has 0 amide bonds. The molecule has 0 N–H and O–H groups in total. The van der Waals surface area contributed by atoms with Crippen molar-refractivity contribution in [3.8, 4) is 12.3 Å². The minimum atomic E-state index is 0.517. The Morgan fingerprint density at radius 2 is 2.54 bits per heavy atom. The second kappa shape index (κ2) is 3.63. The predicted molar refractivity (Wildman–Crippen MR) is 51.2 cm³/mol. The number of terminal acetylenes is 1. The van der Waals surface area contributed by atoms with Crippen LogP contribution in [0, 0.1) is 12.3 Å². The van der Waals surface area contributed by atoms with E-state index in [9.17, 15) is 0 Å². The lowest BCUT2D eigenvalue weighted by Gasteiger charge is -2.12. The lowest BCUT2D eigenvalue weighted by Crippen LogP contribution is -2.21. The zero-order valence-corrected chi connectivity index (χ0v) is 7.56. The highest BCUT2D eigenvalue weighted by Gasteiger charge is 2.22. The highest BCUT2D eigenvalue weighted by Crippen LogP contribution is 2.19. The maximum atomic E-state index is 5.26. The Kier molecular flexibility index (Phi) is 2.33. The summed E-state index contributed by atoms with van der Waals surface area (Å²) in [4.78, 5) is 2.28. The molecule has 3 heteroatoms. The number of hydrogen-bond acceptors (Lipinski definition) is 2. The summed E-state index contributed by atoms with van der Waals surface area (Å²) in [5, 5.41) is 4.23. The van der Waals surface area contributed by atoms with Gasteiger partial charge in [-0.2, -0.15) is 5.10 Å². The molecular weight excluding hydrogens is 162 g/mol. The molecule has 1 unspecified atom stereocenters. The van der Waals surface area contributed by atoms with Gasteiger partial charge in [-0.05, 0) is 12.5 Å². The zero-order chi connectivity index (χ0) is 9.10. The number of rotatable bonds is 2. The molecule has 3 nitrogen and oxygen atoms in total. The Morgan fingerprint density at radius 3 is 3.23 bits per heavy atom. The van der Waals surface area contributed by atoms with E-state index in [-0.39, 0.29) is 0 Å². The Morgan fingerprint density at radius 1 is 1.62 bits per heavy atom. The Hall–Kier alpha value is -1.27. The molecule has 0 saturated carbocycles. The van der Waals surface area contributed by atoms with Crippen LogP contribution in [0.2, 0.25) is 0 Å². The fourth-order valence-corrected chi connectivity index (χ4v) is 1.80. The van der Waals surface area contributed by atoms with Gasteiger partial charge in [-0.25, -0.2) is 0 Å². The molecule has 1 aliphatic heterocycles.